The summed E-state index contributed by atoms with van der Waals surface area (Å²) in [6, 6.07) is 0.660. The van der Waals surface area contributed by atoms with Crippen molar-refractivity contribution < 1.29 is 4.79 Å². The van der Waals surface area contributed by atoms with Gasteiger partial charge >= 0.3 is 0 Å². The Bertz CT molecular complexity index is 583. The largest absolute Gasteiger partial charge is 0.366 e. The van der Waals surface area contributed by atoms with E-state index >= 15 is 0 Å². The minimum atomic E-state index is 0.185. The molecule has 0 aromatic carbocycles. The van der Waals surface area contributed by atoms with Gasteiger partial charge in [-0.05, 0) is 25.7 Å². The predicted octanol–water partition coefficient (Wildman–Crippen LogP) is 3.51. The summed E-state index contributed by atoms with van der Waals surface area (Å²) in [5, 5.41) is 0. The van der Waals surface area contributed by atoms with Gasteiger partial charge in [-0.15, -0.1) is 0 Å². The standard InChI is InChI=1S/C21H34N4O/c1-15(2)20(26)17-5-7-18(8-6-17)24-9-11-25(12-10-24)19-13-22-21(16(3)4)23-14-19/h13-18H,5-12H2,1-4H3. The average molecular weight is 359 g/mol. The molecule has 5 heteroatoms. The normalized spacial score (nSPS) is 25.1. The number of carbonyl (C=O) groups is 1. The lowest BCUT2D eigenvalue weighted by Crippen LogP contribution is -2.51. The highest BCUT2D eigenvalue weighted by atomic mass is 16.1. The van der Waals surface area contributed by atoms with Crippen LogP contribution in [-0.4, -0.2) is 52.9 Å². The number of nitrogens with zero attached hydrogens (tertiary/aromatic N) is 4. The molecule has 0 N–H and O–H groups in total. The highest BCUT2D eigenvalue weighted by Crippen LogP contribution is 2.30. The van der Waals surface area contributed by atoms with Crippen LogP contribution in [0.5, 0.6) is 0 Å². The van der Waals surface area contributed by atoms with E-state index in [2.05, 4.69) is 33.6 Å². The van der Waals surface area contributed by atoms with E-state index in [9.17, 15) is 4.79 Å². The Balaban J connectivity index is 1.48. The molecule has 144 valence electrons. The molecule has 0 amide bonds. The van der Waals surface area contributed by atoms with Gasteiger partial charge in [0.05, 0.1) is 18.1 Å². The van der Waals surface area contributed by atoms with Crippen LogP contribution in [-0.2, 0) is 4.79 Å². The summed E-state index contributed by atoms with van der Waals surface area (Å²) in [4.78, 5) is 26.3. The first kappa shape index (κ1) is 19.3. The minimum absolute atomic E-state index is 0.185. The second-order valence-corrected chi connectivity index (χ2v) is 8.54. The van der Waals surface area contributed by atoms with Crippen molar-refractivity contribution in [2.75, 3.05) is 31.1 Å². The van der Waals surface area contributed by atoms with E-state index in [1.807, 2.05) is 26.2 Å². The van der Waals surface area contributed by atoms with Crippen LogP contribution in [0.2, 0.25) is 0 Å². The molecule has 5 nitrogen and oxygen atoms in total. The molecule has 1 aliphatic heterocycles. The Morgan fingerprint density at radius 1 is 0.962 bits per heavy atom. The molecule has 0 bridgehead atoms. The zero-order valence-corrected chi connectivity index (χ0v) is 16.8. The Morgan fingerprint density at radius 2 is 1.54 bits per heavy atom. The number of anilines is 1. The van der Waals surface area contributed by atoms with Gasteiger partial charge in [-0.1, -0.05) is 27.7 Å². The zero-order chi connectivity index (χ0) is 18.7. The number of rotatable bonds is 5. The van der Waals surface area contributed by atoms with E-state index in [0.717, 1.165) is 50.5 Å². The minimum Gasteiger partial charge on any atom is -0.366 e. The van der Waals surface area contributed by atoms with Crippen LogP contribution < -0.4 is 4.90 Å². The van der Waals surface area contributed by atoms with E-state index < -0.39 is 0 Å². The molecule has 2 fully saturated rings. The topological polar surface area (TPSA) is 49.3 Å². The van der Waals surface area contributed by atoms with Gasteiger partial charge in [-0.25, -0.2) is 9.97 Å². The number of hydrogen-bond donors (Lipinski definition) is 0. The van der Waals surface area contributed by atoms with Crippen LogP contribution in [0.3, 0.4) is 0 Å². The summed E-state index contributed by atoms with van der Waals surface area (Å²) >= 11 is 0. The summed E-state index contributed by atoms with van der Waals surface area (Å²) in [6.07, 6.45) is 8.45. The Labute approximate surface area is 158 Å². The van der Waals surface area contributed by atoms with Crippen molar-refractivity contribution in [3.63, 3.8) is 0 Å². The molecule has 26 heavy (non-hydrogen) atoms. The summed E-state index contributed by atoms with van der Waals surface area (Å²) in [5.41, 5.74) is 1.14. The highest BCUT2D eigenvalue weighted by Gasteiger charge is 2.31. The lowest BCUT2D eigenvalue weighted by atomic mass is 9.80. The van der Waals surface area contributed by atoms with Gasteiger partial charge in [-0.2, -0.15) is 0 Å². The number of Topliss-reactive ketones (excluding diaryl/α,β-unsaturated/α-hetero) is 1. The van der Waals surface area contributed by atoms with E-state index in [1.54, 1.807) is 0 Å². The molecule has 1 aromatic rings. The Kier molecular flexibility index (Phi) is 6.28. The molecule has 2 heterocycles. The van der Waals surface area contributed by atoms with Gasteiger partial charge in [-0.3, -0.25) is 9.69 Å². The van der Waals surface area contributed by atoms with Crippen molar-refractivity contribution in [1.29, 1.82) is 0 Å². The van der Waals surface area contributed by atoms with Crippen LogP contribution in [0.15, 0.2) is 12.4 Å². The van der Waals surface area contributed by atoms with Crippen LogP contribution in [0.25, 0.3) is 0 Å². The molecule has 1 aromatic heterocycles. The number of ketones is 1. The average Bonchev–Trinajstić information content (AvgIpc) is 2.67. The molecule has 0 spiro atoms. The second kappa shape index (κ2) is 8.47. The third-order valence-corrected chi connectivity index (χ3v) is 6.04. The van der Waals surface area contributed by atoms with Crippen molar-refractivity contribution in [3.05, 3.63) is 18.2 Å². The molecule has 0 unspecified atom stereocenters. The van der Waals surface area contributed by atoms with Crippen molar-refractivity contribution in [2.24, 2.45) is 11.8 Å². The molecule has 0 radical (unpaired) electrons. The van der Waals surface area contributed by atoms with E-state index in [1.165, 1.54) is 12.8 Å². The van der Waals surface area contributed by atoms with Gasteiger partial charge in [0, 0.05) is 50.0 Å². The Hall–Kier alpha value is -1.49. The van der Waals surface area contributed by atoms with E-state index in [-0.39, 0.29) is 5.92 Å². The zero-order valence-electron chi connectivity index (χ0n) is 16.8. The van der Waals surface area contributed by atoms with Crippen molar-refractivity contribution >= 4 is 11.5 Å². The SMILES string of the molecule is CC(C)C(=O)C1CCC(N2CCN(c3cnc(C(C)C)nc3)CC2)CC1. The first-order chi connectivity index (χ1) is 12.5. The van der Waals surface area contributed by atoms with Gasteiger partial charge in [0.2, 0.25) is 0 Å². The fourth-order valence-electron chi connectivity index (χ4n) is 4.33. The number of hydrogen-bond acceptors (Lipinski definition) is 5. The van der Waals surface area contributed by atoms with Gasteiger partial charge in [0.1, 0.15) is 11.6 Å². The summed E-state index contributed by atoms with van der Waals surface area (Å²) in [5.74, 6) is 2.25. The molecular weight excluding hydrogens is 324 g/mol. The smallest absolute Gasteiger partial charge is 0.138 e. The molecule has 1 saturated carbocycles. The van der Waals surface area contributed by atoms with Crippen molar-refractivity contribution in [1.82, 2.24) is 14.9 Å². The first-order valence-electron chi connectivity index (χ1n) is 10.3. The highest BCUT2D eigenvalue weighted by molar-refractivity contribution is 5.82. The maximum atomic E-state index is 12.2. The second-order valence-electron chi connectivity index (χ2n) is 8.54. The first-order valence-corrected chi connectivity index (χ1v) is 10.3. The van der Waals surface area contributed by atoms with Crippen LogP contribution in [0.4, 0.5) is 5.69 Å². The summed E-state index contributed by atoms with van der Waals surface area (Å²) < 4.78 is 0. The predicted molar refractivity (Wildman–Crippen MR) is 105 cm³/mol. The van der Waals surface area contributed by atoms with Gasteiger partial charge < -0.3 is 4.90 Å². The third-order valence-electron chi connectivity index (χ3n) is 6.04. The molecule has 1 saturated heterocycles. The maximum absolute atomic E-state index is 12.2. The number of piperazine rings is 1. The van der Waals surface area contributed by atoms with Crippen LogP contribution in [0, 0.1) is 11.8 Å². The lowest BCUT2D eigenvalue weighted by molar-refractivity contribution is -0.127. The van der Waals surface area contributed by atoms with Gasteiger partial charge in [0.15, 0.2) is 0 Å². The van der Waals surface area contributed by atoms with Gasteiger partial charge in [0.25, 0.3) is 0 Å². The molecular formula is C21H34N4O. The molecule has 2 aliphatic rings. The molecule has 1 aliphatic carbocycles. The van der Waals surface area contributed by atoms with Crippen LogP contribution >= 0.6 is 0 Å². The van der Waals surface area contributed by atoms with Crippen molar-refractivity contribution in [3.8, 4) is 0 Å². The van der Waals surface area contributed by atoms with Crippen molar-refractivity contribution in [2.45, 2.75) is 65.3 Å². The lowest BCUT2D eigenvalue weighted by Gasteiger charge is -2.42. The monoisotopic (exact) mass is 358 g/mol. The number of carbonyl (C=O) groups excluding carboxylic acids is 1. The fraction of sp³-hybridized carbons (Fsp3) is 0.762. The maximum Gasteiger partial charge on any atom is 0.138 e. The Morgan fingerprint density at radius 3 is 2.04 bits per heavy atom. The summed E-state index contributed by atoms with van der Waals surface area (Å²) in [6.45, 7) is 12.6. The summed E-state index contributed by atoms with van der Waals surface area (Å²) in [7, 11) is 0. The third kappa shape index (κ3) is 4.43. The van der Waals surface area contributed by atoms with E-state index in [0.29, 0.717) is 23.7 Å². The molecule has 3 rings (SSSR count). The van der Waals surface area contributed by atoms with E-state index in [4.69, 9.17) is 0 Å². The number of aromatic nitrogens is 2. The van der Waals surface area contributed by atoms with Crippen LogP contribution in [0.1, 0.15) is 65.1 Å². The molecule has 0 atom stereocenters. The fourth-order valence-corrected chi connectivity index (χ4v) is 4.33. The quantitative estimate of drug-likeness (QED) is 0.806.